The van der Waals surface area contributed by atoms with E-state index in [9.17, 15) is 4.79 Å². The zero-order chi connectivity index (χ0) is 20.0. The first-order valence-electron chi connectivity index (χ1n) is 10.2. The number of rotatable bonds is 10. The summed E-state index contributed by atoms with van der Waals surface area (Å²) < 4.78 is 4.76. The quantitative estimate of drug-likeness (QED) is 0.305. The number of ether oxygens (including phenoxy) is 1. The molecule has 0 aromatic heterocycles. The van der Waals surface area contributed by atoms with Gasteiger partial charge in [-0.2, -0.15) is 0 Å². The lowest BCUT2D eigenvalue weighted by Crippen LogP contribution is -2.03. The first kappa shape index (κ1) is 21.6. The van der Waals surface area contributed by atoms with Crippen molar-refractivity contribution in [2.24, 2.45) is 0 Å². The Balaban J connectivity index is 1.76. The number of carbonyl (C=O) groups is 1. The van der Waals surface area contributed by atoms with Crippen LogP contribution < -0.4 is 5.32 Å². The lowest BCUT2D eigenvalue weighted by Gasteiger charge is -2.08. The lowest BCUT2D eigenvalue weighted by atomic mass is 10.1. The Kier molecular flexibility index (Phi) is 9.72. The third-order valence-electron chi connectivity index (χ3n) is 4.62. The molecule has 0 unspecified atom stereocenters. The summed E-state index contributed by atoms with van der Waals surface area (Å²) in [4.78, 5) is 11.6. The predicted molar refractivity (Wildman–Crippen MR) is 116 cm³/mol. The van der Waals surface area contributed by atoms with E-state index in [2.05, 4.69) is 48.3 Å². The molecule has 0 amide bonds. The minimum absolute atomic E-state index is 0.326. The molecule has 0 aliphatic carbocycles. The Hall–Kier alpha value is -2.73. The molecule has 0 atom stereocenters. The average Bonchev–Trinajstić information content (AvgIpc) is 2.74. The Labute approximate surface area is 169 Å². The zero-order valence-electron chi connectivity index (χ0n) is 17.1. The monoisotopic (exact) mass is 377 g/mol. The minimum Gasteiger partial charge on any atom is -0.465 e. The van der Waals surface area contributed by atoms with Gasteiger partial charge in [-0.25, -0.2) is 4.79 Å². The maximum atomic E-state index is 11.6. The number of hydrogen-bond acceptors (Lipinski definition) is 3. The summed E-state index contributed by atoms with van der Waals surface area (Å²) in [6.45, 7) is 2.94. The fourth-order valence-corrected chi connectivity index (χ4v) is 2.94. The highest BCUT2D eigenvalue weighted by Gasteiger charge is 2.05. The van der Waals surface area contributed by atoms with E-state index in [1.54, 1.807) is 12.1 Å². The Morgan fingerprint density at radius 3 is 2.50 bits per heavy atom. The minimum atomic E-state index is -0.326. The number of anilines is 1. The summed E-state index contributed by atoms with van der Waals surface area (Å²) in [6, 6.07) is 15.6. The van der Waals surface area contributed by atoms with E-state index < -0.39 is 0 Å². The van der Waals surface area contributed by atoms with Gasteiger partial charge in [0.2, 0.25) is 0 Å². The summed E-state index contributed by atoms with van der Waals surface area (Å²) in [5, 5.41) is 3.34. The van der Waals surface area contributed by atoms with Crippen molar-refractivity contribution in [1.29, 1.82) is 0 Å². The molecule has 0 saturated heterocycles. The molecule has 148 valence electrons. The number of carbonyl (C=O) groups excluding carboxylic acids is 1. The van der Waals surface area contributed by atoms with Crippen LogP contribution in [0.2, 0.25) is 0 Å². The topological polar surface area (TPSA) is 38.3 Å². The van der Waals surface area contributed by atoms with Crippen LogP contribution in [0.5, 0.6) is 0 Å². The van der Waals surface area contributed by atoms with Crippen molar-refractivity contribution in [3.05, 3.63) is 65.2 Å². The van der Waals surface area contributed by atoms with Gasteiger partial charge in [-0.15, -0.1) is 0 Å². The van der Waals surface area contributed by atoms with Gasteiger partial charge >= 0.3 is 5.97 Å². The number of unbranched alkanes of at least 4 members (excludes halogenated alkanes) is 6. The van der Waals surface area contributed by atoms with Crippen molar-refractivity contribution >= 4 is 11.7 Å². The molecular weight excluding hydrogens is 346 g/mol. The molecule has 1 N–H and O–H groups in total. The van der Waals surface area contributed by atoms with E-state index in [1.807, 2.05) is 12.1 Å². The van der Waals surface area contributed by atoms with Gasteiger partial charge < -0.3 is 10.1 Å². The van der Waals surface area contributed by atoms with Crippen LogP contribution >= 0.6 is 0 Å². The summed E-state index contributed by atoms with van der Waals surface area (Å²) >= 11 is 0. The first-order chi connectivity index (χ1) is 13.7. The van der Waals surface area contributed by atoms with Crippen molar-refractivity contribution < 1.29 is 9.53 Å². The van der Waals surface area contributed by atoms with Crippen LogP contribution in [0, 0.1) is 11.8 Å². The van der Waals surface area contributed by atoms with Crippen molar-refractivity contribution in [3.63, 3.8) is 0 Å². The third-order valence-corrected chi connectivity index (χ3v) is 4.62. The molecule has 28 heavy (non-hydrogen) atoms. The highest BCUT2D eigenvalue weighted by molar-refractivity contribution is 5.90. The van der Waals surface area contributed by atoms with Crippen molar-refractivity contribution in [2.45, 2.75) is 58.4 Å². The summed E-state index contributed by atoms with van der Waals surface area (Å²) in [5.41, 5.74) is 3.67. The second kappa shape index (κ2) is 12.6. The molecule has 3 heteroatoms. The van der Waals surface area contributed by atoms with E-state index in [0.29, 0.717) is 12.1 Å². The van der Waals surface area contributed by atoms with E-state index in [-0.39, 0.29) is 5.97 Å². The van der Waals surface area contributed by atoms with Crippen LogP contribution in [0.25, 0.3) is 0 Å². The van der Waals surface area contributed by atoms with E-state index in [0.717, 1.165) is 17.7 Å². The molecule has 2 aromatic carbocycles. The fourth-order valence-electron chi connectivity index (χ4n) is 2.94. The molecule has 0 heterocycles. The van der Waals surface area contributed by atoms with Crippen LogP contribution in [0.1, 0.15) is 73.4 Å². The van der Waals surface area contributed by atoms with Crippen LogP contribution in [0.3, 0.4) is 0 Å². The molecule has 0 radical (unpaired) electrons. The van der Waals surface area contributed by atoms with Gasteiger partial charge in [0.05, 0.1) is 12.7 Å². The Bertz CT molecular complexity index is 784. The van der Waals surface area contributed by atoms with Gasteiger partial charge in [-0.3, -0.25) is 0 Å². The second-order valence-corrected chi connectivity index (χ2v) is 6.94. The van der Waals surface area contributed by atoms with Crippen LogP contribution in [0.4, 0.5) is 5.69 Å². The summed E-state index contributed by atoms with van der Waals surface area (Å²) in [7, 11) is 1.39. The van der Waals surface area contributed by atoms with Crippen LogP contribution in [-0.2, 0) is 11.3 Å². The number of benzene rings is 2. The van der Waals surface area contributed by atoms with E-state index in [1.165, 1.54) is 51.2 Å². The number of hydrogen-bond donors (Lipinski definition) is 1. The molecule has 0 fully saturated rings. The fraction of sp³-hybridized carbons (Fsp3) is 0.400. The van der Waals surface area contributed by atoms with Crippen LogP contribution in [-0.4, -0.2) is 13.1 Å². The maximum absolute atomic E-state index is 11.6. The first-order valence-corrected chi connectivity index (χ1v) is 10.2. The molecule has 2 aromatic rings. The van der Waals surface area contributed by atoms with Gasteiger partial charge in [-0.05, 0) is 42.3 Å². The van der Waals surface area contributed by atoms with E-state index in [4.69, 9.17) is 4.74 Å². The van der Waals surface area contributed by atoms with Crippen LogP contribution in [0.15, 0.2) is 48.5 Å². The van der Waals surface area contributed by atoms with Crippen molar-refractivity contribution in [2.75, 3.05) is 12.4 Å². The van der Waals surface area contributed by atoms with Gasteiger partial charge in [0.1, 0.15) is 0 Å². The molecule has 0 bridgehead atoms. The van der Waals surface area contributed by atoms with Crippen molar-refractivity contribution in [1.82, 2.24) is 0 Å². The number of esters is 1. The number of nitrogens with one attached hydrogen (secondary N) is 1. The molecule has 3 nitrogen and oxygen atoms in total. The van der Waals surface area contributed by atoms with Crippen molar-refractivity contribution in [3.8, 4) is 11.8 Å². The SMILES string of the molecule is CCCCCCCCC#Cc1ccc(CNc2cccc(C(=O)OC)c2)cc1. The zero-order valence-corrected chi connectivity index (χ0v) is 17.1. The third kappa shape index (κ3) is 7.88. The summed E-state index contributed by atoms with van der Waals surface area (Å²) in [6.07, 6.45) is 8.80. The highest BCUT2D eigenvalue weighted by Crippen LogP contribution is 2.13. The lowest BCUT2D eigenvalue weighted by molar-refractivity contribution is 0.0601. The van der Waals surface area contributed by atoms with Gasteiger partial charge in [0.25, 0.3) is 0 Å². The second-order valence-electron chi connectivity index (χ2n) is 6.94. The highest BCUT2D eigenvalue weighted by atomic mass is 16.5. The van der Waals surface area contributed by atoms with Gasteiger partial charge in [0.15, 0.2) is 0 Å². The van der Waals surface area contributed by atoms with Gasteiger partial charge in [0, 0.05) is 24.2 Å². The summed E-state index contributed by atoms with van der Waals surface area (Å²) in [5.74, 6) is 6.21. The number of methoxy groups -OCH3 is 1. The molecule has 0 aliphatic heterocycles. The van der Waals surface area contributed by atoms with Gasteiger partial charge in [-0.1, -0.05) is 69.1 Å². The largest absolute Gasteiger partial charge is 0.465 e. The Morgan fingerprint density at radius 2 is 1.75 bits per heavy atom. The molecule has 0 aliphatic rings. The maximum Gasteiger partial charge on any atom is 0.337 e. The molecule has 0 saturated carbocycles. The normalized spacial score (nSPS) is 10.1. The predicted octanol–water partition coefficient (Wildman–Crippen LogP) is 6.19. The molecular formula is C25H31NO2. The smallest absolute Gasteiger partial charge is 0.337 e. The Morgan fingerprint density at radius 1 is 1.00 bits per heavy atom. The standard InChI is InChI=1S/C25H31NO2/c1-3-4-5-6-7-8-9-10-12-21-15-17-22(18-16-21)20-26-24-14-11-13-23(19-24)25(27)28-2/h11,13-19,26H,3-9,20H2,1-2H3. The molecule has 0 spiro atoms. The van der Waals surface area contributed by atoms with E-state index >= 15 is 0 Å². The molecule has 2 rings (SSSR count). The average molecular weight is 378 g/mol.